The van der Waals surface area contributed by atoms with Gasteiger partial charge in [-0.1, -0.05) is 18.2 Å². The van der Waals surface area contributed by atoms with Gasteiger partial charge in [0.2, 0.25) is 0 Å². The SMILES string of the molecule is CC(Oc1ccc(C2c3ccc(O)cc3CCN2c2ccc(F)cc2)cc1)N1CCCC1. The first-order valence-corrected chi connectivity index (χ1v) is 11.4. The summed E-state index contributed by atoms with van der Waals surface area (Å²) >= 11 is 0. The smallest absolute Gasteiger partial charge is 0.149 e. The maximum absolute atomic E-state index is 13.6. The van der Waals surface area contributed by atoms with Crippen LogP contribution in [0.15, 0.2) is 66.7 Å². The van der Waals surface area contributed by atoms with Gasteiger partial charge in [0.15, 0.2) is 0 Å². The predicted molar refractivity (Wildman–Crippen MR) is 125 cm³/mol. The molecule has 1 fully saturated rings. The summed E-state index contributed by atoms with van der Waals surface area (Å²) in [6.45, 7) is 5.09. The molecule has 3 aromatic rings. The average Bonchev–Trinajstić information content (AvgIpc) is 3.35. The molecule has 166 valence electrons. The van der Waals surface area contributed by atoms with Crippen molar-refractivity contribution in [3.63, 3.8) is 0 Å². The summed E-state index contributed by atoms with van der Waals surface area (Å²) in [4.78, 5) is 4.68. The van der Waals surface area contributed by atoms with Gasteiger partial charge in [0.05, 0.1) is 6.04 Å². The van der Waals surface area contributed by atoms with Gasteiger partial charge in [-0.3, -0.25) is 4.90 Å². The molecule has 0 saturated carbocycles. The van der Waals surface area contributed by atoms with Gasteiger partial charge < -0.3 is 14.7 Å². The zero-order valence-electron chi connectivity index (χ0n) is 18.4. The fraction of sp³-hybridized carbons (Fsp3) is 0.333. The Morgan fingerprint density at radius 3 is 2.38 bits per heavy atom. The summed E-state index contributed by atoms with van der Waals surface area (Å²) < 4.78 is 19.7. The van der Waals surface area contributed by atoms with Crippen LogP contribution in [0.1, 0.15) is 42.5 Å². The van der Waals surface area contributed by atoms with Crippen LogP contribution in [0.4, 0.5) is 10.1 Å². The van der Waals surface area contributed by atoms with Crippen LogP contribution >= 0.6 is 0 Å². The topological polar surface area (TPSA) is 35.9 Å². The van der Waals surface area contributed by atoms with Crippen LogP contribution in [0.2, 0.25) is 0 Å². The lowest BCUT2D eigenvalue weighted by atomic mass is 9.87. The Morgan fingerprint density at radius 1 is 0.938 bits per heavy atom. The van der Waals surface area contributed by atoms with Gasteiger partial charge in [-0.2, -0.15) is 0 Å². The summed E-state index contributed by atoms with van der Waals surface area (Å²) in [6, 6.07) is 20.6. The Bertz CT molecular complexity index is 1060. The highest BCUT2D eigenvalue weighted by atomic mass is 19.1. The summed E-state index contributed by atoms with van der Waals surface area (Å²) in [5.41, 5.74) is 4.44. The number of anilines is 1. The lowest BCUT2D eigenvalue weighted by molar-refractivity contribution is 0.0592. The van der Waals surface area contributed by atoms with Gasteiger partial charge >= 0.3 is 0 Å². The molecule has 2 atom stereocenters. The maximum Gasteiger partial charge on any atom is 0.149 e. The average molecular weight is 433 g/mol. The summed E-state index contributed by atoms with van der Waals surface area (Å²) in [5, 5.41) is 9.99. The Kier molecular flexibility index (Phi) is 5.75. The highest BCUT2D eigenvalue weighted by molar-refractivity contribution is 5.57. The van der Waals surface area contributed by atoms with E-state index >= 15 is 0 Å². The molecule has 1 N–H and O–H groups in total. The van der Waals surface area contributed by atoms with Gasteiger partial charge in [0.1, 0.15) is 23.5 Å². The number of phenolic OH excluding ortho intramolecular Hbond substituents is 1. The molecule has 4 nitrogen and oxygen atoms in total. The summed E-state index contributed by atoms with van der Waals surface area (Å²) in [5.74, 6) is 0.918. The standard InChI is InChI=1S/C27H29FN2O2/c1-19(29-15-2-3-16-29)32-25-11-4-20(5-12-25)27-26-13-10-24(31)18-21(26)14-17-30(27)23-8-6-22(28)7-9-23/h4-13,18-19,27,31H,2-3,14-17H2,1H3. The number of hydrogen-bond acceptors (Lipinski definition) is 4. The third-order valence-corrected chi connectivity index (χ3v) is 6.67. The van der Waals surface area contributed by atoms with Crippen molar-refractivity contribution in [2.24, 2.45) is 0 Å². The Morgan fingerprint density at radius 2 is 1.66 bits per heavy atom. The summed E-state index contributed by atoms with van der Waals surface area (Å²) in [7, 11) is 0. The molecule has 2 aliphatic rings. The molecule has 2 heterocycles. The van der Waals surface area contributed by atoms with E-state index in [0.29, 0.717) is 0 Å². The van der Waals surface area contributed by atoms with Crippen molar-refractivity contribution in [2.75, 3.05) is 24.5 Å². The van der Waals surface area contributed by atoms with Crippen molar-refractivity contribution in [1.29, 1.82) is 0 Å². The highest BCUT2D eigenvalue weighted by Crippen LogP contribution is 2.39. The Balaban J connectivity index is 1.45. The monoisotopic (exact) mass is 432 g/mol. The first-order chi connectivity index (χ1) is 15.6. The van der Waals surface area contributed by atoms with Gasteiger partial charge in [0.25, 0.3) is 0 Å². The van der Waals surface area contributed by atoms with Crippen LogP contribution < -0.4 is 9.64 Å². The molecule has 0 aromatic heterocycles. The number of aromatic hydroxyl groups is 1. The minimum atomic E-state index is -0.235. The van der Waals surface area contributed by atoms with Gasteiger partial charge in [-0.05, 0) is 91.4 Å². The second-order valence-corrected chi connectivity index (χ2v) is 8.73. The molecule has 32 heavy (non-hydrogen) atoms. The Hall–Kier alpha value is -3.05. The van der Waals surface area contributed by atoms with Crippen LogP contribution in [0.5, 0.6) is 11.5 Å². The third kappa shape index (κ3) is 4.17. The number of likely N-dealkylation sites (tertiary alicyclic amines) is 1. The normalized spacial score (nSPS) is 19.6. The van der Waals surface area contributed by atoms with E-state index < -0.39 is 0 Å². The van der Waals surface area contributed by atoms with Crippen LogP contribution in [-0.4, -0.2) is 35.9 Å². The number of halogens is 1. The lowest BCUT2D eigenvalue weighted by Crippen LogP contribution is -2.36. The van der Waals surface area contributed by atoms with Crippen molar-refractivity contribution in [3.8, 4) is 11.5 Å². The summed E-state index contributed by atoms with van der Waals surface area (Å²) in [6.07, 6.45) is 3.37. The molecular weight excluding hydrogens is 403 g/mol. The molecule has 0 radical (unpaired) electrons. The van der Waals surface area contributed by atoms with Crippen molar-refractivity contribution < 1.29 is 14.2 Å². The number of hydrogen-bond donors (Lipinski definition) is 1. The third-order valence-electron chi connectivity index (χ3n) is 6.67. The molecule has 0 aliphatic carbocycles. The molecule has 5 rings (SSSR count). The van der Waals surface area contributed by atoms with E-state index in [0.717, 1.165) is 54.2 Å². The van der Waals surface area contributed by atoms with Crippen LogP contribution in [-0.2, 0) is 6.42 Å². The van der Waals surface area contributed by atoms with Crippen molar-refractivity contribution in [1.82, 2.24) is 4.90 Å². The van der Waals surface area contributed by atoms with Gasteiger partial charge in [-0.25, -0.2) is 4.39 Å². The Labute approximate surface area is 188 Å². The van der Waals surface area contributed by atoms with E-state index in [4.69, 9.17) is 4.74 Å². The van der Waals surface area contributed by atoms with Gasteiger partial charge in [-0.15, -0.1) is 0 Å². The zero-order chi connectivity index (χ0) is 22.1. The van der Waals surface area contributed by atoms with Gasteiger partial charge in [0, 0.05) is 25.3 Å². The second kappa shape index (κ2) is 8.83. The molecule has 1 saturated heterocycles. The number of ether oxygens (including phenoxy) is 1. The maximum atomic E-state index is 13.6. The molecule has 2 unspecified atom stereocenters. The van der Waals surface area contributed by atoms with E-state index in [-0.39, 0.29) is 23.8 Å². The van der Waals surface area contributed by atoms with E-state index in [9.17, 15) is 9.50 Å². The van der Waals surface area contributed by atoms with E-state index in [1.165, 1.54) is 25.0 Å². The fourth-order valence-corrected chi connectivity index (χ4v) is 4.99. The lowest BCUT2D eigenvalue weighted by Gasteiger charge is -2.39. The number of rotatable bonds is 5. The minimum absolute atomic E-state index is 0.0186. The highest BCUT2D eigenvalue weighted by Gasteiger charge is 2.29. The van der Waals surface area contributed by atoms with E-state index in [1.54, 1.807) is 6.07 Å². The zero-order valence-corrected chi connectivity index (χ0v) is 18.4. The molecule has 2 aliphatic heterocycles. The fourth-order valence-electron chi connectivity index (χ4n) is 4.99. The molecule has 3 aromatic carbocycles. The number of phenols is 1. The quantitative estimate of drug-likeness (QED) is 0.577. The van der Waals surface area contributed by atoms with Crippen LogP contribution in [0.25, 0.3) is 0 Å². The molecule has 0 bridgehead atoms. The van der Waals surface area contributed by atoms with Crippen molar-refractivity contribution in [3.05, 3.63) is 89.2 Å². The molecule has 0 spiro atoms. The predicted octanol–water partition coefficient (Wildman–Crippen LogP) is 5.50. The van der Waals surface area contributed by atoms with Crippen molar-refractivity contribution in [2.45, 2.75) is 38.5 Å². The first-order valence-electron chi connectivity index (χ1n) is 11.4. The number of nitrogens with zero attached hydrogens (tertiary/aromatic N) is 2. The van der Waals surface area contributed by atoms with E-state index in [1.807, 2.05) is 36.4 Å². The second-order valence-electron chi connectivity index (χ2n) is 8.73. The minimum Gasteiger partial charge on any atom is -0.508 e. The van der Waals surface area contributed by atoms with Crippen LogP contribution in [0.3, 0.4) is 0 Å². The molecular formula is C27H29FN2O2. The number of fused-ring (bicyclic) bond motifs is 1. The largest absolute Gasteiger partial charge is 0.508 e. The molecule has 0 amide bonds. The number of benzene rings is 3. The van der Waals surface area contributed by atoms with Crippen LogP contribution in [0, 0.1) is 5.82 Å². The molecule has 5 heteroatoms. The van der Waals surface area contributed by atoms with E-state index in [2.05, 4.69) is 28.9 Å². The van der Waals surface area contributed by atoms with Crippen molar-refractivity contribution >= 4 is 5.69 Å². The first kappa shape index (κ1) is 20.8.